The van der Waals surface area contributed by atoms with Crippen LogP contribution >= 0.6 is 11.3 Å². The Labute approximate surface area is 136 Å². The summed E-state index contributed by atoms with van der Waals surface area (Å²) >= 11 is 1.57. The molecule has 0 saturated carbocycles. The van der Waals surface area contributed by atoms with Gasteiger partial charge in [-0.25, -0.2) is 14.6 Å². The van der Waals surface area contributed by atoms with Crippen molar-refractivity contribution in [2.24, 2.45) is 5.92 Å². The molecule has 0 fully saturated rings. The van der Waals surface area contributed by atoms with E-state index < -0.39 is 18.0 Å². The van der Waals surface area contributed by atoms with Crippen molar-refractivity contribution in [3.63, 3.8) is 0 Å². The minimum Gasteiger partial charge on any atom is -0.480 e. The van der Waals surface area contributed by atoms with Crippen LogP contribution in [-0.2, 0) is 11.3 Å². The smallest absolute Gasteiger partial charge is 0.326 e. The van der Waals surface area contributed by atoms with Crippen molar-refractivity contribution in [3.05, 3.63) is 16.1 Å². The zero-order valence-corrected chi connectivity index (χ0v) is 13.9. The average Bonchev–Trinajstić information content (AvgIpc) is 2.83. The molecule has 0 aliphatic rings. The maximum Gasteiger partial charge on any atom is 0.326 e. The van der Waals surface area contributed by atoms with Gasteiger partial charge in [0, 0.05) is 18.3 Å². The molecule has 0 aliphatic carbocycles. The summed E-state index contributed by atoms with van der Waals surface area (Å²) in [5, 5.41) is 14.6. The van der Waals surface area contributed by atoms with Crippen LogP contribution in [0, 0.1) is 5.92 Å². The fraction of sp³-hybridized carbons (Fsp3) is 0.667. The number of aromatic nitrogens is 1. The molecular formula is C15H27N3O3S. The highest BCUT2D eigenvalue weighted by molar-refractivity contribution is 7.09. The Bertz CT molecular complexity index is 500. The SMILES string of the molecule is C.CC(C)c1nc(CN(C)C(=O)N[C@H](C(=O)O)C(C)C)cs1. The number of amides is 2. The zero-order chi connectivity index (χ0) is 16.2. The van der Waals surface area contributed by atoms with Crippen molar-refractivity contribution in [1.82, 2.24) is 15.2 Å². The molecule has 1 aromatic rings. The predicted molar refractivity (Wildman–Crippen MR) is 89.2 cm³/mol. The van der Waals surface area contributed by atoms with Gasteiger partial charge in [-0.15, -0.1) is 11.3 Å². The number of hydrogen-bond acceptors (Lipinski definition) is 4. The molecule has 6 nitrogen and oxygen atoms in total. The minimum absolute atomic E-state index is 0. The Morgan fingerprint density at radius 3 is 2.36 bits per heavy atom. The van der Waals surface area contributed by atoms with Gasteiger partial charge in [0.05, 0.1) is 17.2 Å². The van der Waals surface area contributed by atoms with E-state index in [0.717, 1.165) is 10.7 Å². The van der Waals surface area contributed by atoms with Gasteiger partial charge >= 0.3 is 12.0 Å². The van der Waals surface area contributed by atoms with Gasteiger partial charge < -0.3 is 15.3 Å². The number of nitrogens with zero attached hydrogens (tertiary/aromatic N) is 2. The number of thiazole rings is 1. The van der Waals surface area contributed by atoms with E-state index in [4.69, 9.17) is 5.11 Å². The molecule has 1 heterocycles. The second kappa shape index (κ2) is 8.73. The van der Waals surface area contributed by atoms with E-state index >= 15 is 0 Å². The lowest BCUT2D eigenvalue weighted by Gasteiger charge is -2.22. The molecule has 0 bridgehead atoms. The molecule has 0 saturated heterocycles. The topological polar surface area (TPSA) is 82.5 Å². The predicted octanol–water partition coefficient (Wildman–Crippen LogP) is 3.15. The largest absolute Gasteiger partial charge is 0.480 e. The molecule has 1 rings (SSSR count). The summed E-state index contributed by atoms with van der Waals surface area (Å²) in [4.78, 5) is 29.0. The van der Waals surface area contributed by atoms with Crippen LogP contribution in [0.5, 0.6) is 0 Å². The molecule has 2 amide bonds. The third kappa shape index (κ3) is 5.63. The third-order valence-electron chi connectivity index (χ3n) is 3.02. The molecule has 0 radical (unpaired) electrons. The van der Waals surface area contributed by atoms with Crippen LogP contribution in [0.15, 0.2) is 5.38 Å². The van der Waals surface area contributed by atoms with Crippen molar-refractivity contribution < 1.29 is 14.7 Å². The molecule has 0 aliphatic heterocycles. The van der Waals surface area contributed by atoms with Crippen LogP contribution in [0.25, 0.3) is 0 Å². The third-order valence-corrected chi connectivity index (χ3v) is 4.22. The van der Waals surface area contributed by atoms with Crippen LogP contribution in [0.3, 0.4) is 0 Å². The minimum atomic E-state index is -1.03. The molecule has 1 atom stereocenters. The lowest BCUT2D eigenvalue weighted by Crippen LogP contribution is -2.48. The van der Waals surface area contributed by atoms with Gasteiger partial charge in [-0.3, -0.25) is 0 Å². The van der Waals surface area contributed by atoms with Gasteiger partial charge in [-0.2, -0.15) is 0 Å². The number of urea groups is 1. The lowest BCUT2D eigenvalue weighted by molar-refractivity contribution is -0.140. The number of hydrogen-bond donors (Lipinski definition) is 2. The summed E-state index contributed by atoms with van der Waals surface area (Å²) in [5.74, 6) is -0.839. The molecular weight excluding hydrogens is 302 g/mol. The number of carboxylic acids is 1. The Morgan fingerprint density at radius 2 is 1.95 bits per heavy atom. The van der Waals surface area contributed by atoms with Crippen LogP contribution in [-0.4, -0.2) is 40.1 Å². The molecule has 126 valence electrons. The van der Waals surface area contributed by atoms with Crippen molar-refractivity contribution in [1.29, 1.82) is 0 Å². The summed E-state index contributed by atoms with van der Waals surface area (Å²) < 4.78 is 0. The second-order valence-corrected chi connectivity index (χ2v) is 6.59. The molecule has 0 unspecified atom stereocenters. The van der Waals surface area contributed by atoms with E-state index in [0.29, 0.717) is 12.5 Å². The molecule has 1 aromatic heterocycles. The highest BCUT2D eigenvalue weighted by Gasteiger charge is 2.25. The highest BCUT2D eigenvalue weighted by atomic mass is 32.1. The Balaban J connectivity index is 0.00000441. The van der Waals surface area contributed by atoms with E-state index in [1.54, 1.807) is 32.2 Å². The molecule has 0 aromatic carbocycles. The first kappa shape index (κ1) is 20.4. The summed E-state index contributed by atoms with van der Waals surface area (Å²) in [6, 6.07) is -1.29. The van der Waals surface area contributed by atoms with Gasteiger partial charge in [0.2, 0.25) is 0 Å². The summed E-state index contributed by atoms with van der Waals surface area (Å²) in [7, 11) is 1.63. The maximum atomic E-state index is 12.0. The maximum absolute atomic E-state index is 12.0. The second-order valence-electron chi connectivity index (χ2n) is 5.70. The highest BCUT2D eigenvalue weighted by Crippen LogP contribution is 2.19. The summed E-state index contributed by atoms with van der Waals surface area (Å²) in [6.07, 6.45) is 0. The van der Waals surface area contributed by atoms with Crippen LogP contribution in [0.2, 0.25) is 0 Å². The van der Waals surface area contributed by atoms with Crippen molar-refractivity contribution in [2.45, 2.75) is 53.6 Å². The summed E-state index contributed by atoms with van der Waals surface area (Å²) in [6.45, 7) is 8.01. The van der Waals surface area contributed by atoms with Gasteiger partial charge in [0.25, 0.3) is 0 Å². The van der Waals surface area contributed by atoms with Crippen LogP contribution < -0.4 is 5.32 Å². The molecule has 7 heteroatoms. The van der Waals surface area contributed by atoms with Gasteiger partial charge in [-0.05, 0) is 5.92 Å². The van der Waals surface area contributed by atoms with Crippen LogP contribution in [0.4, 0.5) is 4.79 Å². The lowest BCUT2D eigenvalue weighted by atomic mass is 10.1. The Hall–Kier alpha value is -1.63. The van der Waals surface area contributed by atoms with Crippen molar-refractivity contribution in [2.75, 3.05) is 7.05 Å². The summed E-state index contributed by atoms with van der Waals surface area (Å²) in [5.41, 5.74) is 0.817. The number of carbonyl (C=O) groups excluding carboxylic acids is 1. The average molecular weight is 329 g/mol. The van der Waals surface area contributed by atoms with Gasteiger partial charge in [0.15, 0.2) is 0 Å². The van der Waals surface area contributed by atoms with Gasteiger partial charge in [-0.1, -0.05) is 35.1 Å². The number of carboxylic acid groups (broad SMARTS) is 1. The quantitative estimate of drug-likeness (QED) is 0.840. The molecule has 2 N–H and O–H groups in total. The first-order valence-electron chi connectivity index (χ1n) is 6.91. The number of aliphatic carboxylic acids is 1. The van der Waals surface area contributed by atoms with E-state index in [1.165, 1.54) is 4.90 Å². The number of carbonyl (C=O) groups is 2. The first-order chi connectivity index (χ1) is 9.72. The molecule has 22 heavy (non-hydrogen) atoms. The van der Waals surface area contributed by atoms with Crippen LogP contribution in [0.1, 0.15) is 51.7 Å². The van der Waals surface area contributed by atoms with Gasteiger partial charge in [0.1, 0.15) is 6.04 Å². The number of nitrogens with one attached hydrogen (secondary N) is 1. The van der Waals surface area contributed by atoms with E-state index in [9.17, 15) is 9.59 Å². The Morgan fingerprint density at radius 1 is 1.36 bits per heavy atom. The van der Waals surface area contributed by atoms with E-state index in [2.05, 4.69) is 24.1 Å². The van der Waals surface area contributed by atoms with E-state index in [-0.39, 0.29) is 13.3 Å². The molecule has 0 spiro atoms. The Kier molecular flexibility index (Phi) is 8.08. The van der Waals surface area contributed by atoms with Crippen molar-refractivity contribution in [3.8, 4) is 0 Å². The van der Waals surface area contributed by atoms with Crippen molar-refractivity contribution >= 4 is 23.3 Å². The number of rotatable bonds is 6. The van der Waals surface area contributed by atoms with E-state index in [1.807, 2.05) is 5.38 Å². The zero-order valence-electron chi connectivity index (χ0n) is 13.1. The normalized spacial score (nSPS) is 12.0. The first-order valence-corrected chi connectivity index (χ1v) is 7.79. The fourth-order valence-electron chi connectivity index (χ4n) is 1.73. The standard InChI is InChI=1S/C14H23N3O3S.CH4/c1-8(2)11(13(18)19)16-14(20)17(5)6-10-7-21-12(15-10)9(3)4;/h7-9,11H,6H2,1-5H3,(H,16,20)(H,18,19);1H4/t11-;/m0./s1. The fourth-order valence-corrected chi connectivity index (χ4v) is 2.56. The monoisotopic (exact) mass is 329 g/mol.